The number of rotatable bonds is 8. The van der Waals surface area contributed by atoms with Crippen molar-refractivity contribution in [2.45, 2.75) is 26.2 Å². The van der Waals surface area contributed by atoms with Gasteiger partial charge in [0.15, 0.2) is 0 Å². The number of amides is 1. The molecule has 6 heteroatoms. The lowest BCUT2D eigenvalue weighted by atomic mass is 10.0. The van der Waals surface area contributed by atoms with E-state index in [1.54, 1.807) is 26.4 Å². The van der Waals surface area contributed by atoms with E-state index in [9.17, 15) is 4.79 Å². The van der Waals surface area contributed by atoms with E-state index < -0.39 is 0 Å². The first kappa shape index (κ1) is 19.9. The molecule has 26 heavy (non-hydrogen) atoms. The van der Waals surface area contributed by atoms with E-state index in [1.165, 1.54) is 0 Å². The van der Waals surface area contributed by atoms with Gasteiger partial charge in [0.2, 0.25) is 5.91 Å². The average molecular weight is 377 g/mol. The summed E-state index contributed by atoms with van der Waals surface area (Å²) in [4.78, 5) is 12.3. The molecule has 0 bridgehead atoms. The molecule has 0 saturated carbocycles. The van der Waals surface area contributed by atoms with Crippen molar-refractivity contribution in [2.24, 2.45) is 0 Å². The fourth-order valence-corrected chi connectivity index (χ4v) is 2.87. The summed E-state index contributed by atoms with van der Waals surface area (Å²) in [6.07, 6.45) is 0.320. The maximum absolute atomic E-state index is 12.3. The largest absolute Gasteiger partial charge is 0.495 e. The van der Waals surface area contributed by atoms with E-state index in [2.05, 4.69) is 24.5 Å². The van der Waals surface area contributed by atoms with Crippen molar-refractivity contribution in [1.82, 2.24) is 0 Å². The minimum atomic E-state index is -0.0505. The topological polar surface area (TPSA) is 59.6 Å². The lowest BCUT2D eigenvalue weighted by Gasteiger charge is -2.15. The summed E-state index contributed by atoms with van der Waals surface area (Å²) in [5.41, 5.74) is 2.71. The van der Waals surface area contributed by atoms with Crippen molar-refractivity contribution >= 4 is 28.9 Å². The Morgan fingerprint density at radius 3 is 2.42 bits per heavy atom. The van der Waals surface area contributed by atoms with Gasteiger partial charge in [-0.3, -0.25) is 4.79 Å². The van der Waals surface area contributed by atoms with Crippen LogP contribution in [0.25, 0.3) is 0 Å². The van der Waals surface area contributed by atoms with Crippen LogP contribution >= 0.6 is 11.6 Å². The lowest BCUT2D eigenvalue weighted by molar-refractivity contribution is -0.115. The highest BCUT2D eigenvalue weighted by molar-refractivity contribution is 6.32. The molecule has 2 aromatic carbocycles. The molecule has 5 nitrogen and oxygen atoms in total. The standard InChI is InChI=1S/C20H25ClN2O3/c1-13(2)14-7-5-6-8-16(14)23-20(24)9-10-22-17-12-18(25-3)15(21)11-19(17)26-4/h5-8,11-13,22H,9-10H2,1-4H3,(H,23,24). The second kappa shape index (κ2) is 9.34. The van der Waals surface area contributed by atoms with Crippen molar-refractivity contribution in [2.75, 3.05) is 31.4 Å². The van der Waals surface area contributed by atoms with Crippen LogP contribution in [-0.2, 0) is 4.79 Å². The Labute approximate surface area is 159 Å². The third kappa shape index (κ3) is 5.05. The first-order valence-corrected chi connectivity index (χ1v) is 8.88. The van der Waals surface area contributed by atoms with Crippen LogP contribution < -0.4 is 20.1 Å². The second-order valence-electron chi connectivity index (χ2n) is 6.15. The van der Waals surface area contributed by atoms with Gasteiger partial charge in [-0.25, -0.2) is 0 Å². The summed E-state index contributed by atoms with van der Waals surface area (Å²) in [7, 11) is 3.12. The highest BCUT2D eigenvalue weighted by Gasteiger charge is 2.12. The SMILES string of the molecule is COc1cc(NCCC(=O)Nc2ccccc2C(C)C)c(OC)cc1Cl. The number of para-hydroxylation sites is 1. The number of hydrogen-bond acceptors (Lipinski definition) is 4. The summed E-state index contributed by atoms with van der Waals surface area (Å²) >= 11 is 6.10. The quantitative estimate of drug-likeness (QED) is 0.686. The first-order chi connectivity index (χ1) is 12.5. The molecule has 0 atom stereocenters. The molecule has 140 valence electrons. The predicted molar refractivity (Wildman–Crippen MR) is 107 cm³/mol. The van der Waals surface area contributed by atoms with Crippen LogP contribution in [0.1, 0.15) is 31.7 Å². The van der Waals surface area contributed by atoms with Gasteiger partial charge in [-0.15, -0.1) is 0 Å². The van der Waals surface area contributed by atoms with Crippen LogP contribution in [0.15, 0.2) is 36.4 Å². The van der Waals surface area contributed by atoms with Crippen LogP contribution in [0.5, 0.6) is 11.5 Å². The molecule has 1 amide bonds. The zero-order valence-corrected chi connectivity index (χ0v) is 16.3. The number of carbonyl (C=O) groups excluding carboxylic acids is 1. The van der Waals surface area contributed by atoms with E-state index >= 15 is 0 Å². The number of halogens is 1. The zero-order chi connectivity index (χ0) is 19.1. The van der Waals surface area contributed by atoms with Gasteiger partial charge in [0.05, 0.1) is 24.9 Å². The van der Waals surface area contributed by atoms with Crippen molar-refractivity contribution in [3.8, 4) is 11.5 Å². The number of hydrogen-bond donors (Lipinski definition) is 2. The van der Waals surface area contributed by atoms with Gasteiger partial charge in [0.25, 0.3) is 0 Å². The summed E-state index contributed by atoms with van der Waals surface area (Å²) in [5, 5.41) is 6.65. The van der Waals surface area contributed by atoms with Gasteiger partial charge in [-0.1, -0.05) is 43.6 Å². The van der Waals surface area contributed by atoms with E-state index in [-0.39, 0.29) is 5.91 Å². The van der Waals surface area contributed by atoms with Gasteiger partial charge in [-0.2, -0.15) is 0 Å². The van der Waals surface area contributed by atoms with E-state index in [0.717, 1.165) is 16.9 Å². The predicted octanol–water partition coefficient (Wildman–Crippen LogP) is 4.92. The molecule has 0 aliphatic heterocycles. The molecule has 2 aromatic rings. The van der Waals surface area contributed by atoms with E-state index in [1.807, 2.05) is 24.3 Å². The Kier molecular flexibility index (Phi) is 7.16. The fraction of sp³-hybridized carbons (Fsp3) is 0.350. The van der Waals surface area contributed by atoms with Crippen molar-refractivity contribution in [3.63, 3.8) is 0 Å². The maximum atomic E-state index is 12.3. The van der Waals surface area contributed by atoms with Crippen molar-refractivity contribution in [3.05, 3.63) is 47.0 Å². The Balaban J connectivity index is 1.97. The third-order valence-corrected chi connectivity index (χ3v) is 4.29. The lowest BCUT2D eigenvalue weighted by Crippen LogP contribution is -2.17. The fourth-order valence-electron chi connectivity index (χ4n) is 2.64. The zero-order valence-electron chi connectivity index (χ0n) is 15.6. The van der Waals surface area contributed by atoms with Gasteiger partial charge < -0.3 is 20.1 Å². The monoisotopic (exact) mass is 376 g/mol. The van der Waals surface area contributed by atoms with Gasteiger partial charge in [0.1, 0.15) is 11.5 Å². The molecule has 0 heterocycles. The Bertz CT molecular complexity index is 763. The third-order valence-electron chi connectivity index (χ3n) is 4.00. The normalized spacial score (nSPS) is 10.5. The minimum absolute atomic E-state index is 0.0505. The van der Waals surface area contributed by atoms with Crippen LogP contribution in [0.4, 0.5) is 11.4 Å². The summed E-state index contributed by atoms with van der Waals surface area (Å²) in [6, 6.07) is 11.3. The molecule has 0 aliphatic carbocycles. The molecule has 2 rings (SSSR count). The van der Waals surface area contributed by atoms with Crippen LogP contribution in [0.2, 0.25) is 5.02 Å². The number of carbonyl (C=O) groups is 1. The second-order valence-corrected chi connectivity index (χ2v) is 6.56. The number of methoxy groups -OCH3 is 2. The molecular weight excluding hydrogens is 352 g/mol. The summed E-state index contributed by atoms with van der Waals surface area (Å²) < 4.78 is 10.5. The van der Waals surface area contributed by atoms with Crippen molar-refractivity contribution < 1.29 is 14.3 Å². The molecule has 0 radical (unpaired) electrons. The Morgan fingerprint density at radius 2 is 1.77 bits per heavy atom. The Morgan fingerprint density at radius 1 is 1.08 bits per heavy atom. The summed E-state index contributed by atoms with van der Waals surface area (Å²) in [6.45, 7) is 4.66. The first-order valence-electron chi connectivity index (χ1n) is 8.50. The molecule has 2 N–H and O–H groups in total. The van der Waals surface area contributed by atoms with Gasteiger partial charge >= 0.3 is 0 Å². The minimum Gasteiger partial charge on any atom is -0.495 e. The summed E-state index contributed by atoms with van der Waals surface area (Å²) in [5.74, 6) is 1.44. The number of benzene rings is 2. The van der Waals surface area contributed by atoms with Gasteiger partial charge in [0, 0.05) is 30.8 Å². The molecule has 0 saturated heterocycles. The highest BCUT2D eigenvalue weighted by Crippen LogP contribution is 2.35. The number of ether oxygens (including phenoxy) is 2. The van der Waals surface area contributed by atoms with Gasteiger partial charge in [-0.05, 0) is 17.5 Å². The van der Waals surface area contributed by atoms with E-state index in [0.29, 0.717) is 35.4 Å². The number of anilines is 2. The molecule has 0 fully saturated rings. The van der Waals surface area contributed by atoms with Crippen molar-refractivity contribution in [1.29, 1.82) is 0 Å². The van der Waals surface area contributed by atoms with Crippen LogP contribution in [0.3, 0.4) is 0 Å². The number of nitrogens with one attached hydrogen (secondary N) is 2. The molecular formula is C20H25ClN2O3. The molecule has 0 aromatic heterocycles. The van der Waals surface area contributed by atoms with E-state index in [4.69, 9.17) is 21.1 Å². The maximum Gasteiger partial charge on any atom is 0.226 e. The smallest absolute Gasteiger partial charge is 0.226 e. The van der Waals surface area contributed by atoms with Crippen LogP contribution in [-0.4, -0.2) is 26.7 Å². The molecule has 0 aliphatic rings. The Hall–Kier alpha value is -2.40. The average Bonchev–Trinajstić information content (AvgIpc) is 2.62. The van der Waals surface area contributed by atoms with Crippen LogP contribution in [0, 0.1) is 0 Å². The molecule has 0 spiro atoms. The molecule has 0 unspecified atom stereocenters. The highest BCUT2D eigenvalue weighted by atomic mass is 35.5.